The second kappa shape index (κ2) is 4.81. The van der Waals surface area contributed by atoms with Gasteiger partial charge in [0.05, 0.1) is 0 Å². The predicted molar refractivity (Wildman–Crippen MR) is 61.7 cm³/mol. The zero-order valence-corrected chi connectivity index (χ0v) is 10.1. The molecule has 0 spiro atoms. The first-order valence-corrected chi connectivity index (χ1v) is 5.54. The van der Waals surface area contributed by atoms with E-state index in [2.05, 4.69) is 10.2 Å². The molecule has 2 rings (SSSR count). The van der Waals surface area contributed by atoms with Gasteiger partial charge >= 0.3 is 0 Å². The van der Waals surface area contributed by atoms with Crippen molar-refractivity contribution in [1.29, 1.82) is 0 Å². The predicted octanol–water partition coefficient (Wildman–Crippen LogP) is 2.30. The van der Waals surface area contributed by atoms with Crippen LogP contribution in [0.4, 0.5) is 8.78 Å². The van der Waals surface area contributed by atoms with Crippen LogP contribution in [0.5, 0.6) is 0 Å². The average molecular weight is 253 g/mol. The van der Waals surface area contributed by atoms with Gasteiger partial charge in [0.2, 0.25) is 0 Å². The molecule has 1 heterocycles. The van der Waals surface area contributed by atoms with E-state index in [9.17, 15) is 8.78 Å². The summed E-state index contributed by atoms with van der Waals surface area (Å²) in [5.41, 5.74) is 0.426. The van der Waals surface area contributed by atoms with Crippen LogP contribution in [0, 0.1) is 11.6 Å². The van der Waals surface area contributed by atoms with Crippen molar-refractivity contribution >= 4 is 0 Å². The number of aliphatic hydroxyl groups excluding tert-OH is 1. The molecule has 0 atom stereocenters. The lowest BCUT2D eigenvalue weighted by atomic mass is 10.2. The third kappa shape index (κ3) is 2.11. The van der Waals surface area contributed by atoms with Crippen molar-refractivity contribution < 1.29 is 13.9 Å². The van der Waals surface area contributed by atoms with Crippen molar-refractivity contribution in [2.45, 2.75) is 26.5 Å². The molecule has 0 fully saturated rings. The summed E-state index contributed by atoms with van der Waals surface area (Å²) in [6, 6.07) is 3.55. The second-order valence-corrected chi connectivity index (χ2v) is 4.19. The highest BCUT2D eigenvalue weighted by Gasteiger charge is 2.16. The van der Waals surface area contributed by atoms with Crippen molar-refractivity contribution in [3.63, 3.8) is 0 Å². The first kappa shape index (κ1) is 12.6. The Morgan fingerprint density at radius 3 is 2.50 bits per heavy atom. The molecule has 0 saturated heterocycles. The molecule has 1 aromatic heterocycles. The zero-order valence-electron chi connectivity index (χ0n) is 10.1. The van der Waals surface area contributed by atoms with Gasteiger partial charge in [0.1, 0.15) is 6.61 Å². The summed E-state index contributed by atoms with van der Waals surface area (Å²) in [4.78, 5) is 0. The summed E-state index contributed by atoms with van der Waals surface area (Å²) in [5, 5.41) is 16.9. The fraction of sp³-hybridized carbons (Fsp3) is 0.333. The van der Waals surface area contributed by atoms with E-state index in [0.717, 1.165) is 12.1 Å². The molecular weight excluding hydrogens is 240 g/mol. The largest absolute Gasteiger partial charge is 0.388 e. The van der Waals surface area contributed by atoms with Crippen LogP contribution in [-0.4, -0.2) is 19.9 Å². The monoisotopic (exact) mass is 253 g/mol. The van der Waals surface area contributed by atoms with E-state index in [1.807, 2.05) is 13.8 Å². The molecule has 0 aliphatic rings. The van der Waals surface area contributed by atoms with Crippen LogP contribution < -0.4 is 0 Å². The molecule has 96 valence electrons. The molecule has 4 nitrogen and oxygen atoms in total. The highest BCUT2D eigenvalue weighted by Crippen LogP contribution is 2.23. The van der Waals surface area contributed by atoms with Crippen LogP contribution in [0.1, 0.15) is 25.7 Å². The molecule has 1 aromatic carbocycles. The minimum absolute atomic E-state index is 0.00487. The van der Waals surface area contributed by atoms with Crippen LogP contribution in [0.25, 0.3) is 11.4 Å². The minimum atomic E-state index is -0.934. The first-order valence-electron chi connectivity index (χ1n) is 5.54. The summed E-state index contributed by atoms with van der Waals surface area (Å²) in [5.74, 6) is -1.04. The molecular formula is C12H13F2N3O. The van der Waals surface area contributed by atoms with Gasteiger partial charge in [-0.05, 0) is 32.0 Å². The molecule has 1 N–H and O–H groups in total. The van der Waals surface area contributed by atoms with E-state index in [4.69, 9.17) is 5.11 Å². The lowest BCUT2D eigenvalue weighted by molar-refractivity contribution is 0.262. The fourth-order valence-electron chi connectivity index (χ4n) is 1.81. The third-order valence-electron chi connectivity index (χ3n) is 2.60. The number of aliphatic hydroxyl groups is 1. The molecule has 2 aromatic rings. The summed E-state index contributed by atoms with van der Waals surface area (Å²) in [6.07, 6.45) is 0. The first-order chi connectivity index (χ1) is 8.54. The Morgan fingerprint density at radius 2 is 1.94 bits per heavy atom. The zero-order chi connectivity index (χ0) is 13.3. The minimum Gasteiger partial charge on any atom is -0.388 e. The molecule has 0 saturated carbocycles. The Hall–Kier alpha value is -1.82. The van der Waals surface area contributed by atoms with Crippen LogP contribution in [0.3, 0.4) is 0 Å². The maximum absolute atomic E-state index is 13.2. The summed E-state index contributed by atoms with van der Waals surface area (Å²) in [7, 11) is 0. The number of hydrogen-bond donors (Lipinski definition) is 1. The van der Waals surface area contributed by atoms with E-state index < -0.39 is 11.6 Å². The maximum Gasteiger partial charge on any atom is 0.164 e. The van der Waals surface area contributed by atoms with Crippen LogP contribution in [0.2, 0.25) is 0 Å². The van der Waals surface area contributed by atoms with Crippen LogP contribution in [-0.2, 0) is 6.61 Å². The summed E-state index contributed by atoms with van der Waals surface area (Å²) < 4.78 is 27.8. The normalized spacial score (nSPS) is 11.2. The van der Waals surface area contributed by atoms with Gasteiger partial charge in [0.25, 0.3) is 0 Å². The molecule has 0 bridgehead atoms. The van der Waals surface area contributed by atoms with Crippen molar-refractivity contribution in [3.05, 3.63) is 35.7 Å². The third-order valence-corrected chi connectivity index (χ3v) is 2.60. The number of halogens is 2. The SMILES string of the molecule is CC(C)n1c(CO)nnc1-c1ccc(F)c(F)c1. The molecule has 0 radical (unpaired) electrons. The van der Waals surface area contributed by atoms with E-state index in [-0.39, 0.29) is 12.6 Å². The van der Waals surface area contributed by atoms with Gasteiger partial charge in [0.15, 0.2) is 23.3 Å². The Labute approximate surface area is 103 Å². The van der Waals surface area contributed by atoms with Crippen molar-refractivity contribution in [3.8, 4) is 11.4 Å². The van der Waals surface area contributed by atoms with Crippen molar-refractivity contribution in [2.75, 3.05) is 0 Å². The lowest BCUT2D eigenvalue weighted by Gasteiger charge is -2.13. The summed E-state index contributed by atoms with van der Waals surface area (Å²) >= 11 is 0. The standard InChI is InChI=1S/C12H13F2N3O/c1-7(2)17-11(6-18)15-16-12(17)8-3-4-9(13)10(14)5-8/h3-5,7,18H,6H2,1-2H3. The molecule has 0 aliphatic heterocycles. The molecule has 6 heteroatoms. The highest BCUT2D eigenvalue weighted by atomic mass is 19.2. The van der Waals surface area contributed by atoms with Crippen molar-refractivity contribution in [2.24, 2.45) is 0 Å². The smallest absolute Gasteiger partial charge is 0.164 e. The van der Waals surface area contributed by atoms with Crippen LogP contribution in [0.15, 0.2) is 18.2 Å². The number of hydrogen-bond acceptors (Lipinski definition) is 3. The Balaban J connectivity index is 2.56. The average Bonchev–Trinajstić information content (AvgIpc) is 2.76. The van der Waals surface area contributed by atoms with Gasteiger partial charge in [0, 0.05) is 11.6 Å². The highest BCUT2D eigenvalue weighted by molar-refractivity contribution is 5.55. The van der Waals surface area contributed by atoms with Gasteiger partial charge < -0.3 is 9.67 Å². The van der Waals surface area contributed by atoms with Gasteiger partial charge in [-0.25, -0.2) is 8.78 Å². The lowest BCUT2D eigenvalue weighted by Crippen LogP contribution is -2.08. The number of aromatic nitrogens is 3. The van der Waals surface area contributed by atoms with Gasteiger partial charge in [-0.3, -0.25) is 0 Å². The fourth-order valence-corrected chi connectivity index (χ4v) is 1.81. The molecule has 18 heavy (non-hydrogen) atoms. The molecule has 0 amide bonds. The summed E-state index contributed by atoms with van der Waals surface area (Å²) in [6.45, 7) is 3.53. The molecule has 0 unspecified atom stereocenters. The van der Waals surface area contributed by atoms with E-state index >= 15 is 0 Å². The Kier molecular flexibility index (Phi) is 3.38. The van der Waals surface area contributed by atoms with Gasteiger partial charge in [-0.1, -0.05) is 0 Å². The number of rotatable bonds is 3. The van der Waals surface area contributed by atoms with E-state index in [1.54, 1.807) is 4.57 Å². The maximum atomic E-state index is 13.2. The Morgan fingerprint density at radius 1 is 1.22 bits per heavy atom. The second-order valence-electron chi connectivity index (χ2n) is 4.19. The Bertz CT molecular complexity index is 566. The van der Waals surface area contributed by atoms with Crippen LogP contribution >= 0.6 is 0 Å². The van der Waals surface area contributed by atoms with E-state index in [1.165, 1.54) is 6.07 Å². The topological polar surface area (TPSA) is 50.9 Å². The van der Waals surface area contributed by atoms with Gasteiger partial charge in [-0.15, -0.1) is 10.2 Å². The number of nitrogens with zero attached hydrogens (tertiary/aromatic N) is 3. The molecule has 0 aliphatic carbocycles. The van der Waals surface area contributed by atoms with Crippen molar-refractivity contribution in [1.82, 2.24) is 14.8 Å². The van der Waals surface area contributed by atoms with E-state index in [0.29, 0.717) is 17.2 Å². The van der Waals surface area contributed by atoms with Gasteiger partial charge in [-0.2, -0.15) is 0 Å². The quantitative estimate of drug-likeness (QED) is 0.913. The number of benzene rings is 1.